The van der Waals surface area contributed by atoms with Crippen molar-refractivity contribution in [1.82, 2.24) is 0 Å². The highest BCUT2D eigenvalue weighted by atomic mass is 16.3. The van der Waals surface area contributed by atoms with Gasteiger partial charge in [-0.15, -0.1) is 0 Å². The SMILES string of the molecule is CC(C)Cc1ccc(C2(CN)CC(O)C2)cc1. The summed E-state index contributed by atoms with van der Waals surface area (Å²) in [5.74, 6) is 0.690. The van der Waals surface area contributed by atoms with Gasteiger partial charge in [0.15, 0.2) is 0 Å². The van der Waals surface area contributed by atoms with Gasteiger partial charge in [-0.25, -0.2) is 0 Å². The summed E-state index contributed by atoms with van der Waals surface area (Å²) >= 11 is 0. The maximum Gasteiger partial charge on any atom is 0.0558 e. The van der Waals surface area contributed by atoms with Gasteiger partial charge in [-0.05, 0) is 36.3 Å². The van der Waals surface area contributed by atoms with Gasteiger partial charge < -0.3 is 10.8 Å². The molecule has 1 fully saturated rings. The number of aliphatic hydroxyl groups excluding tert-OH is 1. The fourth-order valence-electron chi connectivity index (χ4n) is 2.83. The van der Waals surface area contributed by atoms with Gasteiger partial charge in [0.2, 0.25) is 0 Å². The standard InChI is InChI=1S/C15H23NO/c1-11(2)7-12-3-5-13(6-4-12)15(10-16)8-14(17)9-15/h3-6,11,14,17H,7-10,16H2,1-2H3. The van der Waals surface area contributed by atoms with Crippen LogP contribution in [0.3, 0.4) is 0 Å². The van der Waals surface area contributed by atoms with Gasteiger partial charge in [-0.1, -0.05) is 38.1 Å². The van der Waals surface area contributed by atoms with Gasteiger partial charge in [0.05, 0.1) is 6.10 Å². The Bertz CT molecular complexity index is 363. The Morgan fingerprint density at radius 1 is 1.29 bits per heavy atom. The van der Waals surface area contributed by atoms with Crippen molar-refractivity contribution in [3.63, 3.8) is 0 Å². The summed E-state index contributed by atoms with van der Waals surface area (Å²) < 4.78 is 0. The van der Waals surface area contributed by atoms with Crippen LogP contribution < -0.4 is 5.73 Å². The zero-order chi connectivity index (χ0) is 12.5. The minimum Gasteiger partial charge on any atom is -0.393 e. The van der Waals surface area contributed by atoms with Gasteiger partial charge in [0.25, 0.3) is 0 Å². The first-order valence-corrected chi connectivity index (χ1v) is 6.53. The fraction of sp³-hybridized carbons (Fsp3) is 0.600. The highest BCUT2D eigenvalue weighted by Gasteiger charge is 2.43. The minimum atomic E-state index is -0.158. The van der Waals surface area contributed by atoms with Crippen LogP contribution in [0, 0.1) is 5.92 Å². The van der Waals surface area contributed by atoms with Crippen LogP contribution >= 0.6 is 0 Å². The molecule has 94 valence electrons. The Morgan fingerprint density at radius 2 is 1.88 bits per heavy atom. The van der Waals surface area contributed by atoms with Crippen molar-refractivity contribution in [2.24, 2.45) is 11.7 Å². The van der Waals surface area contributed by atoms with Crippen molar-refractivity contribution in [1.29, 1.82) is 0 Å². The summed E-state index contributed by atoms with van der Waals surface area (Å²) in [6.45, 7) is 5.10. The largest absolute Gasteiger partial charge is 0.393 e. The molecule has 0 unspecified atom stereocenters. The number of rotatable bonds is 4. The van der Waals surface area contributed by atoms with Crippen LogP contribution in [-0.2, 0) is 11.8 Å². The summed E-state index contributed by atoms with van der Waals surface area (Å²) in [6, 6.07) is 8.79. The van der Waals surface area contributed by atoms with Crippen LogP contribution in [0.1, 0.15) is 37.8 Å². The smallest absolute Gasteiger partial charge is 0.0558 e. The van der Waals surface area contributed by atoms with Gasteiger partial charge in [-0.2, -0.15) is 0 Å². The Balaban J connectivity index is 2.12. The van der Waals surface area contributed by atoms with E-state index in [1.54, 1.807) is 0 Å². The molecule has 0 radical (unpaired) electrons. The summed E-state index contributed by atoms with van der Waals surface area (Å²) in [6.07, 6.45) is 2.59. The average Bonchev–Trinajstić information content (AvgIpc) is 2.25. The van der Waals surface area contributed by atoms with Crippen molar-refractivity contribution in [2.45, 2.75) is 44.6 Å². The molecule has 2 rings (SSSR count). The molecule has 1 aliphatic rings. The lowest BCUT2D eigenvalue weighted by molar-refractivity contribution is 0.0221. The molecule has 17 heavy (non-hydrogen) atoms. The van der Waals surface area contributed by atoms with Crippen LogP contribution in [0.15, 0.2) is 24.3 Å². The molecular formula is C15H23NO. The van der Waals surface area contributed by atoms with Crippen LogP contribution in [0.2, 0.25) is 0 Å². The van der Waals surface area contributed by atoms with Gasteiger partial charge in [0.1, 0.15) is 0 Å². The molecule has 1 aliphatic carbocycles. The number of nitrogens with two attached hydrogens (primary N) is 1. The van der Waals surface area contributed by atoms with E-state index in [1.165, 1.54) is 11.1 Å². The third-order valence-electron chi connectivity index (χ3n) is 3.85. The molecule has 2 heteroatoms. The molecule has 0 atom stereocenters. The summed E-state index contributed by atoms with van der Waals surface area (Å²) in [7, 11) is 0. The van der Waals surface area contributed by atoms with E-state index in [4.69, 9.17) is 5.73 Å². The molecule has 0 aromatic heterocycles. The van der Waals surface area contributed by atoms with E-state index in [9.17, 15) is 5.11 Å². The lowest BCUT2D eigenvalue weighted by atomic mass is 9.63. The molecule has 2 nitrogen and oxygen atoms in total. The summed E-state index contributed by atoms with van der Waals surface area (Å²) in [5.41, 5.74) is 8.58. The quantitative estimate of drug-likeness (QED) is 0.837. The van der Waals surface area contributed by atoms with Crippen molar-refractivity contribution in [3.8, 4) is 0 Å². The second kappa shape index (κ2) is 4.79. The zero-order valence-corrected chi connectivity index (χ0v) is 10.8. The maximum atomic E-state index is 9.49. The third kappa shape index (κ3) is 2.53. The molecule has 1 aromatic carbocycles. The fourth-order valence-corrected chi connectivity index (χ4v) is 2.83. The lowest BCUT2D eigenvalue weighted by Crippen LogP contribution is -2.49. The van der Waals surface area contributed by atoms with E-state index in [-0.39, 0.29) is 11.5 Å². The number of aliphatic hydroxyl groups is 1. The molecule has 0 aliphatic heterocycles. The number of benzene rings is 1. The van der Waals surface area contributed by atoms with E-state index >= 15 is 0 Å². The molecule has 0 amide bonds. The monoisotopic (exact) mass is 233 g/mol. The Morgan fingerprint density at radius 3 is 2.29 bits per heavy atom. The molecule has 1 saturated carbocycles. The topological polar surface area (TPSA) is 46.2 Å². The molecule has 3 N–H and O–H groups in total. The predicted molar refractivity (Wildman–Crippen MR) is 71.0 cm³/mol. The molecule has 0 heterocycles. The zero-order valence-electron chi connectivity index (χ0n) is 10.8. The van der Waals surface area contributed by atoms with E-state index in [1.807, 2.05) is 0 Å². The summed E-state index contributed by atoms with van der Waals surface area (Å²) in [5, 5.41) is 9.49. The molecular weight excluding hydrogens is 210 g/mol. The molecule has 0 saturated heterocycles. The highest BCUT2D eigenvalue weighted by Crippen LogP contribution is 2.43. The van der Waals surface area contributed by atoms with Crippen LogP contribution in [0.5, 0.6) is 0 Å². The van der Waals surface area contributed by atoms with Gasteiger partial charge >= 0.3 is 0 Å². The Kier molecular flexibility index (Phi) is 3.55. The number of hydrogen-bond donors (Lipinski definition) is 2. The lowest BCUT2D eigenvalue weighted by Gasteiger charge is -2.45. The van der Waals surface area contributed by atoms with Crippen molar-refractivity contribution in [3.05, 3.63) is 35.4 Å². The van der Waals surface area contributed by atoms with E-state index in [2.05, 4.69) is 38.1 Å². The van der Waals surface area contributed by atoms with E-state index in [0.29, 0.717) is 12.5 Å². The van der Waals surface area contributed by atoms with Crippen LogP contribution in [-0.4, -0.2) is 17.8 Å². The van der Waals surface area contributed by atoms with Crippen molar-refractivity contribution < 1.29 is 5.11 Å². The Hall–Kier alpha value is -0.860. The number of hydrogen-bond acceptors (Lipinski definition) is 2. The first kappa shape index (κ1) is 12.6. The van der Waals surface area contributed by atoms with Gasteiger partial charge in [0, 0.05) is 12.0 Å². The van der Waals surface area contributed by atoms with Crippen molar-refractivity contribution in [2.75, 3.05) is 6.54 Å². The van der Waals surface area contributed by atoms with Crippen LogP contribution in [0.4, 0.5) is 0 Å². The van der Waals surface area contributed by atoms with E-state index in [0.717, 1.165) is 19.3 Å². The summed E-state index contributed by atoms with van der Waals surface area (Å²) in [4.78, 5) is 0. The first-order chi connectivity index (χ1) is 8.05. The Labute approximate surface area is 104 Å². The average molecular weight is 233 g/mol. The predicted octanol–water partition coefficient (Wildman–Crippen LogP) is 2.24. The third-order valence-corrected chi connectivity index (χ3v) is 3.85. The second-order valence-corrected chi connectivity index (χ2v) is 5.84. The first-order valence-electron chi connectivity index (χ1n) is 6.53. The normalized spacial score (nSPS) is 28.2. The van der Waals surface area contributed by atoms with Crippen molar-refractivity contribution >= 4 is 0 Å². The molecule has 0 spiro atoms. The molecule has 0 bridgehead atoms. The highest BCUT2D eigenvalue weighted by molar-refractivity contribution is 5.32. The maximum absolute atomic E-state index is 9.49. The second-order valence-electron chi connectivity index (χ2n) is 5.84. The minimum absolute atomic E-state index is 0.0375. The van der Waals surface area contributed by atoms with Crippen LogP contribution in [0.25, 0.3) is 0 Å². The molecule has 1 aromatic rings. The van der Waals surface area contributed by atoms with Gasteiger partial charge in [-0.3, -0.25) is 0 Å². The van der Waals surface area contributed by atoms with E-state index < -0.39 is 0 Å².